The molecule has 0 aliphatic carbocycles. The van der Waals surface area contributed by atoms with Crippen LogP contribution in [0.5, 0.6) is 0 Å². The number of aliphatic hydroxyl groups is 11. The summed E-state index contributed by atoms with van der Waals surface area (Å²) in [6, 6.07) is -0.974. The van der Waals surface area contributed by atoms with Gasteiger partial charge >= 0.3 is 0 Å². The molecule has 17 unspecified atom stereocenters. The SMILES string of the molecule is CC/C=C\C/C=C\C/C=C\C/C=C\C/C=C\C/C=C\CCCCCCCCCCCCCCCCCCC(=O)NC(COC1OC(CO)C(OC2OC(CO)C(OC3OC(CO)C(O)C(O)C3O)C(O)C2O)C(O)C1O)C(O)/C=C/CCCCCCCCC. The smallest absolute Gasteiger partial charge is 0.220 e. The van der Waals surface area contributed by atoms with E-state index in [9.17, 15) is 61.0 Å². The Balaban J connectivity index is 1.32. The van der Waals surface area contributed by atoms with Crippen molar-refractivity contribution in [1.82, 2.24) is 5.32 Å². The highest BCUT2D eigenvalue weighted by molar-refractivity contribution is 5.76. The normalized spacial score (nSPS) is 28.8. The summed E-state index contributed by atoms with van der Waals surface area (Å²) in [6.07, 6.45) is 38.9. The minimum absolute atomic E-state index is 0.240. The number of carbonyl (C=O) groups excluding carboxylic acids is 1. The number of carbonyl (C=O) groups is 1. The van der Waals surface area contributed by atoms with Crippen molar-refractivity contribution in [3.05, 3.63) is 85.1 Å². The van der Waals surface area contributed by atoms with Crippen molar-refractivity contribution in [2.24, 2.45) is 0 Å². The van der Waals surface area contributed by atoms with E-state index in [4.69, 9.17) is 28.4 Å². The first kappa shape index (κ1) is 80.2. The fourth-order valence-corrected chi connectivity index (χ4v) is 11.1. The summed E-state index contributed by atoms with van der Waals surface area (Å²) in [7, 11) is 0. The fourth-order valence-electron chi connectivity index (χ4n) is 11.1. The lowest BCUT2D eigenvalue weighted by Gasteiger charge is -2.48. The zero-order valence-electron chi connectivity index (χ0n) is 54.1. The van der Waals surface area contributed by atoms with Gasteiger partial charge in [-0.25, -0.2) is 0 Å². The number of amides is 1. The molecule has 0 bridgehead atoms. The maximum atomic E-state index is 13.3. The highest BCUT2D eigenvalue weighted by Crippen LogP contribution is 2.33. The minimum Gasteiger partial charge on any atom is -0.394 e. The monoisotopic (exact) mass is 1260 g/mol. The maximum Gasteiger partial charge on any atom is 0.220 e. The standard InChI is InChI=1S/C70H121NO18/c1-3-5-7-9-11-13-14-15-16-17-18-19-20-21-22-23-24-25-26-27-28-29-30-31-32-33-34-35-36-37-38-40-42-44-46-48-58(76)71-53(54(75)47-45-43-41-39-12-10-8-6-4-2)52-84-68-64(82)61(79)66(56(50-73)86-68)89-70-65(83)62(80)67(57(51-74)87-70)88-69-63(81)60(78)59(77)55(49-72)85-69/h5,7,11,13,15-16,18-19,21-22,24-25,45,47,53-57,59-70,72-75,77-83H,3-4,6,8-10,12,14,17,20,23,26-44,46,48-52H2,1-2H3,(H,71,76)/b7-5-,13-11-,16-15-,19-18-,22-21-,25-24-,47-45+. The van der Waals surface area contributed by atoms with Crippen molar-refractivity contribution < 1.29 is 89.4 Å². The molecule has 0 aromatic carbocycles. The third-order valence-electron chi connectivity index (χ3n) is 16.7. The zero-order chi connectivity index (χ0) is 64.7. The highest BCUT2D eigenvalue weighted by Gasteiger charge is 2.53. The molecule has 17 atom stereocenters. The van der Waals surface area contributed by atoms with Crippen LogP contribution in [0.2, 0.25) is 0 Å². The quantitative estimate of drug-likeness (QED) is 0.0200. The summed E-state index contributed by atoms with van der Waals surface area (Å²) in [5, 5.41) is 120. The van der Waals surface area contributed by atoms with Crippen LogP contribution in [0.4, 0.5) is 0 Å². The maximum absolute atomic E-state index is 13.3. The molecule has 0 aromatic rings. The average molecular weight is 1260 g/mol. The van der Waals surface area contributed by atoms with Gasteiger partial charge in [0.05, 0.1) is 38.6 Å². The van der Waals surface area contributed by atoms with Crippen LogP contribution in [0.15, 0.2) is 85.1 Å². The lowest BCUT2D eigenvalue weighted by molar-refractivity contribution is -0.379. The molecule has 12 N–H and O–H groups in total. The van der Waals surface area contributed by atoms with Crippen molar-refractivity contribution in [3.63, 3.8) is 0 Å². The van der Waals surface area contributed by atoms with Gasteiger partial charge in [0.1, 0.15) is 73.2 Å². The Kier molecular flexibility index (Phi) is 46.3. The number of allylic oxidation sites excluding steroid dienone is 13. The van der Waals surface area contributed by atoms with Crippen molar-refractivity contribution in [2.75, 3.05) is 26.4 Å². The van der Waals surface area contributed by atoms with Gasteiger partial charge in [-0.05, 0) is 70.6 Å². The van der Waals surface area contributed by atoms with E-state index in [-0.39, 0.29) is 18.9 Å². The van der Waals surface area contributed by atoms with Gasteiger partial charge in [0.2, 0.25) is 5.91 Å². The third kappa shape index (κ3) is 33.6. The summed E-state index contributed by atoms with van der Waals surface area (Å²) in [6.45, 7) is 1.56. The van der Waals surface area contributed by atoms with Crippen molar-refractivity contribution in [3.8, 4) is 0 Å². The lowest BCUT2D eigenvalue weighted by atomic mass is 9.96. The second-order valence-electron chi connectivity index (χ2n) is 24.3. The lowest BCUT2D eigenvalue weighted by Crippen LogP contribution is -2.66. The van der Waals surface area contributed by atoms with Crippen LogP contribution < -0.4 is 5.32 Å². The van der Waals surface area contributed by atoms with Crippen molar-refractivity contribution >= 4 is 5.91 Å². The van der Waals surface area contributed by atoms with Crippen LogP contribution in [0.3, 0.4) is 0 Å². The average Bonchev–Trinajstić information content (AvgIpc) is 1.40. The molecule has 19 heteroatoms. The van der Waals surface area contributed by atoms with E-state index < -0.39 is 124 Å². The zero-order valence-corrected chi connectivity index (χ0v) is 54.1. The van der Waals surface area contributed by atoms with Crippen LogP contribution in [-0.2, 0) is 33.2 Å². The molecular weight excluding hydrogens is 1140 g/mol. The van der Waals surface area contributed by atoms with Gasteiger partial charge < -0.3 is 89.9 Å². The second kappa shape index (κ2) is 51.4. The number of aliphatic hydroxyl groups excluding tert-OH is 11. The largest absolute Gasteiger partial charge is 0.394 e. The van der Waals surface area contributed by atoms with Gasteiger partial charge in [-0.2, -0.15) is 0 Å². The van der Waals surface area contributed by atoms with E-state index >= 15 is 0 Å². The van der Waals surface area contributed by atoms with E-state index in [1.807, 2.05) is 6.08 Å². The molecular formula is C70H121NO18. The number of rotatable bonds is 51. The Bertz CT molecular complexity index is 1940. The van der Waals surface area contributed by atoms with Crippen molar-refractivity contribution in [2.45, 2.75) is 324 Å². The predicted octanol–water partition coefficient (Wildman–Crippen LogP) is 8.71. The summed E-state index contributed by atoms with van der Waals surface area (Å²) < 4.78 is 34.2. The fraction of sp³-hybridized carbons (Fsp3) is 0.786. The highest BCUT2D eigenvalue weighted by atomic mass is 16.8. The van der Waals surface area contributed by atoms with Gasteiger partial charge in [-0.3, -0.25) is 4.79 Å². The van der Waals surface area contributed by atoms with E-state index in [0.29, 0.717) is 6.42 Å². The van der Waals surface area contributed by atoms with E-state index in [0.717, 1.165) is 83.5 Å². The van der Waals surface area contributed by atoms with Gasteiger partial charge in [-0.15, -0.1) is 0 Å². The molecule has 0 saturated carbocycles. The number of nitrogens with one attached hydrogen (secondary N) is 1. The molecule has 3 aliphatic rings. The predicted molar refractivity (Wildman–Crippen MR) is 346 cm³/mol. The Hall–Kier alpha value is -3.03. The first-order valence-electron chi connectivity index (χ1n) is 34.3. The number of hydrogen-bond donors (Lipinski definition) is 12. The Labute approximate surface area is 533 Å². The molecule has 0 spiro atoms. The van der Waals surface area contributed by atoms with Gasteiger partial charge in [0, 0.05) is 6.42 Å². The van der Waals surface area contributed by atoms with Gasteiger partial charge in [-0.1, -0.05) is 227 Å². The van der Waals surface area contributed by atoms with E-state index in [2.05, 4.69) is 92.1 Å². The van der Waals surface area contributed by atoms with Crippen molar-refractivity contribution in [1.29, 1.82) is 0 Å². The Morgan fingerprint density at radius 3 is 1.21 bits per heavy atom. The molecule has 514 valence electrons. The van der Waals surface area contributed by atoms with Crippen LogP contribution in [-0.4, -0.2) is 193 Å². The summed E-state index contributed by atoms with van der Waals surface area (Å²) >= 11 is 0. The minimum atomic E-state index is -1.98. The molecule has 3 saturated heterocycles. The number of unbranched alkanes of at least 4 members (excludes halogenated alkanes) is 23. The summed E-state index contributed by atoms with van der Waals surface area (Å²) in [5.74, 6) is -0.281. The summed E-state index contributed by atoms with van der Waals surface area (Å²) in [4.78, 5) is 13.3. The molecule has 3 aliphatic heterocycles. The second-order valence-corrected chi connectivity index (χ2v) is 24.3. The molecule has 3 rings (SSSR count). The summed E-state index contributed by atoms with van der Waals surface area (Å²) in [5.41, 5.74) is 0. The van der Waals surface area contributed by atoms with Gasteiger partial charge in [0.15, 0.2) is 18.9 Å². The molecule has 3 heterocycles. The van der Waals surface area contributed by atoms with Crippen LogP contribution in [0, 0.1) is 0 Å². The van der Waals surface area contributed by atoms with Crippen LogP contribution >= 0.6 is 0 Å². The molecule has 1 amide bonds. The van der Waals surface area contributed by atoms with Crippen LogP contribution in [0.25, 0.3) is 0 Å². The number of ether oxygens (including phenoxy) is 6. The molecule has 89 heavy (non-hydrogen) atoms. The van der Waals surface area contributed by atoms with Gasteiger partial charge in [0.25, 0.3) is 0 Å². The Morgan fingerprint density at radius 2 is 0.775 bits per heavy atom. The first-order valence-corrected chi connectivity index (χ1v) is 34.3. The van der Waals surface area contributed by atoms with E-state index in [1.54, 1.807) is 6.08 Å². The Morgan fingerprint density at radius 1 is 0.416 bits per heavy atom. The topological polar surface area (TPSA) is 307 Å². The van der Waals surface area contributed by atoms with E-state index in [1.165, 1.54) is 109 Å². The molecule has 19 nitrogen and oxygen atoms in total. The molecule has 0 aromatic heterocycles. The first-order chi connectivity index (χ1) is 43.3. The third-order valence-corrected chi connectivity index (χ3v) is 16.7. The number of hydrogen-bond acceptors (Lipinski definition) is 18. The molecule has 0 radical (unpaired) electrons. The van der Waals surface area contributed by atoms with Crippen LogP contribution in [0.1, 0.15) is 219 Å². The molecule has 3 fully saturated rings.